The second-order valence-corrected chi connectivity index (χ2v) is 6.22. The van der Waals surface area contributed by atoms with Gasteiger partial charge in [-0.1, -0.05) is 66.2 Å². The molecule has 0 fully saturated rings. The van der Waals surface area contributed by atoms with Gasteiger partial charge in [-0.15, -0.1) is 11.3 Å². The molecule has 0 saturated carbocycles. The van der Waals surface area contributed by atoms with Crippen molar-refractivity contribution in [3.8, 4) is 11.1 Å². The first-order valence-corrected chi connectivity index (χ1v) is 7.69. The number of benzene rings is 3. The molecule has 0 spiro atoms. The van der Waals surface area contributed by atoms with Gasteiger partial charge >= 0.3 is 0 Å². The van der Waals surface area contributed by atoms with Gasteiger partial charge in [0.25, 0.3) is 0 Å². The van der Waals surface area contributed by atoms with E-state index < -0.39 is 0 Å². The number of hydrogen-bond donors (Lipinski definition) is 0. The van der Waals surface area contributed by atoms with Crippen molar-refractivity contribution in [1.29, 1.82) is 0 Å². The van der Waals surface area contributed by atoms with Crippen LogP contribution in [0, 0.1) is 0 Å². The number of thiophene rings is 1. The van der Waals surface area contributed by atoms with Crippen molar-refractivity contribution in [3.63, 3.8) is 0 Å². The minimum atomic E-state index is 0.803. The number of rotatable bonds is 1. The average molecular weight is 295 g/mol. The summed E-state index contributed by atoms with van der Waals surface area (Å²) >= 11 is 8.20. The zero-order valence-corrected chi connectivity index (χ0v) is 12.2. The second kappa shape index (κ2) is 4.62. The van der Waals surface area contributed by atoms with Gasteiger partial charge in [0.05, 0.1) is 0 Å². The predicted molar refractivity (Wildman–Crippen MR) is 89.8 cm³/mol. The molecule has 0 aliphatic heterocycles. The smallest absolute Gasteiger partial charge is 0.0484 e. The number of fused-ring (bicyclic) bond motifs is 3. The second-order valence-electron chi connectivity index (χ2n) is 4.76. The van der Waals surface area contributed by atoms with Crippen LogP contribution in [-0.2, 0) is 0 Å². The first-order chi connectivity index (χ1) is 9.84. The maximum Gasteiger partial charge on any atom is 0.0484 e. The molecule has 4 aromatic rings. The monoisotopic (exact) mass is 294 g/mol. The molecule has 0 aliphatic rings. The summed E-state index contributed by atoms with van der Waals surface area (Å²) in [7, 11) is 0. The van der Waals surface area contributed by atoms with Crippen molar-refractivity contribution in [2.24, 2.45) is 0 Å². The fourth-order valence-electron chi connectivity index (χ4n) is 2.64. The van der Waals surface area contributed by atoms with Crippen LogP contribution in [-0.4, -0.2) is 0 Å². The lowest BCUT2D eigenvalue weighted by molar-refractivity contribution is 1.67. The number of hydrogen-bond acceptors (Lipinski definition) is 1. The summed E-state index contributed by atoms with van der Waals surface area (Å²) in [6, 6.07) is 23.0. The van der Waals surface area contributed by atoms with Gasteiger partial charge < -0.3 is 0 Å². The summed E-state index contributed by atoms with van der Waals surface area (Å²) in [5.41, 5.74) is 2.32. The zero-order chi connectivity index (χ0) is 13.5. The molecule has 3 aromatic carbocycles. The normalized spacial score (nSPS) is 11.2. The molecule has 2 heteroatoms. The predicted octanol–water partition coefficient (Wildman–Crippen LogP) is 6.37. The standard InChI is InChI=1S/C18H11ClS/c19-16-10-3-1-6-12(16)14-8-5-9-15-13-7-2-4-11-17(13)20-18(14)15/h1-11H. The van der Waals surface area contributed by atoms with Crippen LogP contribution < -0.4 is 0 Å². The van der Waals surface area contributed by atoms with Crippen LogP contribution in [0.25, 0.3) is 31.3 Å². The average Bonchev–Trinajstić information content (AvgIpc) is 2.86. The van der Waals surface area contributed by atoms with E-state index >= 15 is 0 Å². The van der Waals surface area contributed by atoms with E-state index in [1.165, 1.54) is 25.7 Å². The maximum absolute atomic E-state index is 6.36. The van der Waals surface area contributed by atoms with E-state index in [1.807, 2.05) is 29.5 Å². The molecule has 0 aliphatic carbocycles. The summed E-state index contributed by atoms with van der Waals surface area (Å²) in [6.07, 6.45) is 0. The van der Waals surface area contributed by atoms with Gasteiger partial charge in [-0.25, -0.2) is 0 Å². The summed E-state index contributed by atoms with van der Waals surface area (Å²) in [4.78, 5) is 0. The van der Waals surface area contributed by atoms with Crippen LogP contribution in [0.5, 0.6) is 0 Å². The molecule has 0 bridgehead atoms. The van der Waals surface area contributed by atoms with E-state index in [2.05, 4.69) is 48.5 Å². The number of halogens is 1. The highest BCUT2D eigenvalue weighted by Crippen LogP contribution is 2.41. The molecule has 4 rings (SSSR count). The fraction of sp³-hybridized carbons (Fsp3) is 0. The van der Waals surface area contributed by atoms with Crippen molar-refractivity contribution in [3.05, 3.63) is 71.8 Å². The lowest BCUT2D eigenvalue weighted by Crippen LogP contribution is -1.79. The van der Waals surface area contributed by atoms with E-state index in [0.717, 1.165) is 10.6 Å². The van der Waals surface area contributed by atoms with Crippen LogP contribution in [0.3, 0.4) is 0 Å². The van der Waals surface area contributed by atoms with Gasteiger partial charge in [-0.2, -0.15) is 0 Å². The van der Waals surface area contributed by atoms with E-state index in [0.29, 0.717) is 0 Å². The third-order valence-corrected chi connectivity index (χ3v) is 5.12. The lowest BCUT2D eigenvalue weighted by atomic mass is 10.0. The summed E-state index contributed by atoms with van der Waals surface area (Å²) < 4.78 is 2.63. The Morgan fingerprint density at radius 2 is 1.35 bits per heavy atom. The van der Waals surface area contributed by atoms with Crippen LogP contribution >= 0.6 is 22.9 Å². The Hall–Kier alpha value is -1.83. The van der Waals surface area contributed by atoms with E-state index in [1.54, 1.807) is 0 Å². The van der Waals surface area contributed by atoms with Crippen LogP contribution in [0.2, 0.25) is 5.02 Å². The van der Waals surface area contributed by atoms with Crippen molar-refractivity contribution in [1.82, 2.24) is 0 Å². The van der Waals surface area contributed by atoms with Crippen LogP contribution in [0.4, 0.5) is 0 Å². The molecule has 0 amide bonds. The van der Waals surface area contributed by atoms with E-state index in [4.69, 9.17) is 11.6 Å². The van der Waals surface area contributed by atoms with Crippen LogP contribution in [0.1, 0.15) is 0 Å². The highest BCUT2D eigenvalue weighted by Gasteiger charge is 2.11. The van der Waals surface area contributed by atoms with Crippen molar-refractivity contribution in [2.75, 3.05) is 0 Å². The molecule has 1 heterocycles. The molecule has 1 aromatic heterocycles. The Labute approximate surface area is 126 Å². The van der Waals surface area contributed by atoms with Crippen molar-refractivity contribution in [2.45, 2.75) is 0 Å². The topological polar surface area (TPSA) is 0 Å². The largest absolute Gasteiger partial charge is 0.135 e. The first-order valence-electron chi connectivity index (χ1n) is 6.50. The molecular formula is C18H11ClS. The van der Waals surface area contributed by atoms with Gasteiger partial charge in [-0.05, 0) is 12.1 Å². The molecule has 0 saturated heterocycles. The van der Waals surface area contributed by atoms with Crippen molar-refractivity contribution >= 4 is 43.1 Å². The van der Waals surface area contributed by atoms with E-state index in [-0.39, 0.29) is 0 Å². The fourth-order valence-corrected chi connectivity index (χ4v) is 4.11. The Morgan fingerprint density at radius 3 is 2.25 bits per heavy atom. The van der Waals surface area contributed by atoms with E-state index in [9.17, 15) is 0 Å². The first kappa shape index (κ1) is 12.0. The minimum Gasteiger partial charge on any atom is -0.135 e. The van der Waals surface area contributed by atoms with Gasteiger partial charge in [0.2, 0.25) is 0 Å². The minimum absolute atomic E-state index is 0.803. The van der Waals surface area contributed by atoms with Crippen LogP contribution in [0.15, 0.2) is 66.7 Å². The van der Waals surface area contributed by atoms with Gasteiger partial charge in [-0.3, -0.25) is 0 Å². The quantitative estimate of drug-likeness (QED) is 0.382. The zero-order valence-electron chi connectivity index (χ0n) is 10.6. The maximum atomic E-state index is 6.36. The Balaban J connectivity index is 2.13. The highest BCUT2D eigenvalue weighted by molar-refractivity contribution is 7.26. The van der Waals surface area contributed by atoms with Gasteiger partial charge in [0.15, 0.2) is 0 Å². The molecular weight excluding hydrogens is 284 g/mol. The molecule has 0 N–H and O–H groups in total. The third kappa shape index (κ3) is 1.75. The Kier molecular flexibility index (Phi) is 2.76. The Bertz CT molecular complexity index is 921. The lowest BCUT2D eigenvalue weighted by Gasteiger charge is -2.05. The Morgan fingerprint density at radius 1 is 0.650 bits per heavy atom. The van der Waals surface area contributed by atoms with Crippen molar-refractivity contribution < 1.29 is 0 Å². The molecule has 96 valence electrons. The summed E-state index contributed by atoms with van der Waals surface area (Å²) in [5.74, 6) is 0. The molecule has 0 atom stereocenters. The molecule has 0 nitrogen and oxygen atoms in total. The summed E-state index contributed by atoms with van der Waals surface area (Å²) in [6.45, 7) is 0. The van der Waals surface area contributed by atoms with Gasteiger partial charge in [0.1, 0.15) is 0 Å². The SMILES string of the molecule is Clc1ccccc1-c1cccc2c1sc1ccccc12. The van der Waals surface area contributed by atoms with Gasteiger partial charge in [0, 0.05) is 36.3 Å². The molecule has 20 heavy (non-hydrogen) atoms. The third-order valence-electron chi connectivity index (χ3n) is 3.57. The molecule has 0 unspecified atom stereocenters. The summed E-state index contributed by atoms with van der Waals surface area (Å²) in [5, 5.41) is 3.43. The highest BCUT2D eigenvalue weighted by atomic mass is 35.5. The molecule has 0 radical (unpaired) electrons.